The van der Waals surface area contributed by atoms with Gasteiger partial charge in [0.05, 0.1) is 0 Å². The molecule has 3 aliphatic rings. The Morgan fingerprint density at radius 3 is 2.86 bits per heavy atom. The molecule has 22 heavy (non-hydrogen) atoms. The summed E-state index contributed by atoms with van der Waals surface area (Å²) in [6.07, 6.45) is 6.47. The lowest BCUT2D eigenvalue weighted by atomic mass is 9.85. The molecule has 5 heteroatoms. The van der Waals surface area contributed by atoms with E-state index in [4.69, 9.17) is 4.52 Å². The van der Waals surface area contributed by atoms with E-state index in [1.54, 1.807) is 0 Å². The summed E-state index contributed by atoms with van der Waals surface area (Å²) < 4.78 is 5.28. The van der Waals surface area contributed by atoms with Crippen LogP contribution in [0.3, 0.4) is 0 Å². The molecule has 0 bridgehead atoms. The van der Waals surface area contributed by atoms with Gasteiger partial charge in [-0.3, -0.25) is 4.79 Å². The quantitative estimate of drug-likeness (QED) is 0.907. The molecule has 1 aliphatic heterocycles. The lowest BCUT2D eigenvalue weighted by Gasteiger charge is -2.30. The third kappa shape index (κ3) is 2.91. The number of hydrogen-bond donors (Lipinski definition) is 1. The van der Waals surface area contributed by atoms with Gasteiger partial charge in [0.1, 0.15) is 5.76 Å². The standard InChI is InChI=1S/C17H25N3O2/c1-11-8-20(9-12-3-2-4-12)10-15(11)18-17(21)14-7-16(22-19-14)13-5-6-13/h7,11-13,15H,2-6,8-10H2,1H3,(H,18,21). The smallest absolute Gasteiger partial charge is 0.273 e. The molecule has 120 valence electrons. The fourth-order valence-corrected chi connectivity index (χ4v) is 3.64. The Morgan fingerprint density at radius 1 is 1.36 bits per heavy atom. The predicted octanol–water partition coefficient (Wildman–Crippen LogP) is 2.40. The maximum absolute atomic E-state index is 12.3. The second-order valence-corrected chi connectivity index (χ2v) is 7.46. The maximum Gasteiger partial charge on any atom is 0.273 e. The fourth-order valence-electron chi connectivity index (χ4n) is 3.64. The molecule has 2 aliphatic carbocycles. The van der Waals surface area contributed by atoms with Gasteiger partial charge < -0.3 is 14.7 Å². The number of aromatic nitrogens is 1. The van der Waals surface area contributed by atoms with E-state index in [0.29, 0.717) is 17.5 Å². The van der Waals surface area contributed by atoms with Gasteiger partial charge in [0, 0.05) is 37.7 Å². The first-order valence-electron chi connectivity index (χ1n) is 8.69. The summed E-state index contributed by atoms with van der Waals surface area (Å²) in [6, 6.07) is 2.05. The summed E-state index contributed by atoms with van der Waals surface area (Å²) in [5, 5.41) is 7.09. The monoisotopic (exact) mass is 303 g/mol. The second kappa shape index (κ2) is 5.69. The number of carbonyl (C=O) groups excluding carboxylic acids is 1. The minimum Gasteiger partial charge on any atom is -0.360 e. The molecule has 0 spiro atoms. The molecule has 0 aromatic carbocycles. The predicted molar refractivity (Wildman–Crippen MR) is 82.7 cm³/mol. The van der Waals surface area contributed by atoms with Gasteiger partial charge in [-0.25, -0.2) is 0 Å². The Balaban J connectivity index is 1.32. The van der Waals surface area contributed by atoms with E-state index in [9.17, 15) is 4.79 Å². The van der Waals surface area contributed by atoms with Crippen molar-refractivity contribution in [1.29, 1.82) is 0 Å². The molecule has 4 rings (SSSR count). The van der Waals surface area contributed by atoms with Crippen LogP contribution < -0.4 is 5.32 Å². The summed E-state index contributed by atoms with van der Waals surface area (Å²) in [4.78, 5) is 14.9. The van der Waals surface area contributed by atoms with Gasteiger partial charge >= 0.3 is 0 Å². The number of nitrogens with one attached hydrogen (secondary N) is 1. The van der Waals surface area contributed by atoms with Crippen molar-refractivity contribution in [1.82, 2.24) is 15.4 Å². The van der Waals surface area contributed by atoms with Gasteiger partial charge in [-0.15, -0.1) is 0 Å². The summed E-state index contributed by atoms with van der Waals surface area (Å²) in [5.74, 6) is 2.67. The Bertz CT molecular complexity index is 548. The number of rotatable bonds is 5. The van der Waals surface area contributed by atoms with Crippen LogP contribution in [0.5, 0.6) is 0 Å². The second-order valence-electron chi connectivity index (χ2n) is 7.46. The first-order chi connectivity index (χ1) is 10.7. The Hall–Kier alpha value is -1.36. The number of likely N-dealkylation sites (tertiary alicyclic amines) is 1. The van der Waals surface area contributed by atoms with Gasteiger partial charge in [-0.1, -0.05) is 18.5 Å². The van der Waals surface area contributed by atoms with Gasteiger partial charge in [-0.2, -0.15) is 0 Å². The normalized spacial score (nSPS) is 29.5. The van der Waals surface area contributed by atoms with Crippen LogP contribution in [0.2, 0.25) is 0 Å². The highest BCUT2D eigenvalue weighted by atomic mass is 16.5. The molecule has 1 amide bonds. The summed E-state index contributed by atoms with van der Waals surface area (Å²) in [6.45, 7) is 5.49. The van der Waals surface area contributed by atoms with Crippen LogP contribution in [0.25, 0.3) is 0 Å². The molecule has 5 nitrogen and oxygen atoms in total. The van der Waals surface area contributed by atoms with Crippen molar-refractivity contribution in [2.24, 2.45) is 11.8 Å². The largest absolute Gasteiger partial charge is 0.360 e. The van der Waals surface area contributed by atoms with Crippen molar-refractivity contribution in [2.75, 3.05) is 19.6 Å². The molecule has 2 atom stereocenters. The number of amides is 1. The highest BCUT2D eigenvalue weighted by molar-refractivity contribution is 5.92. The summed E-state index contributed by atoms with van der Waals surface area (Å²) >= 11 is 0. The van der Waals surface area contributed by atoms with Crippen LogP contribution >= 0.6 is 0 Å². The van der Waals surface area contributed by atoms with E-state index in [1.807, 2.05) is 6.07 Å². The van der Waals surface area contributed by atoms with Crippen LogP contribution in [0, 0.1) is 11.8 Å². The van der Waals surface area contributed by atoms with Gasteiger partial charge in [0.25, 0.3) is 5.91 Å². The molecule has 3 fully saturated rings. The number of nitrogens with zero attached hydrogens (tertiary/aromatic N) is 2. The van der Waals surface area contributed by atoms with Gasteiger partial charge in [-0.05, 0) is 37.5 Å². The Labute approximate surface area is 131 Å². The highest BCUT2D eigenvalue weighted by Gasteiger charge is 2.34. The average molecular weight is 303 g/mol. The minimum atomic E-state index is -0.0852. The lowest BCUT2D eigenvalue weighted by molar-refractivity contribution is 0.0921. The molecule has 2 unspecified atom stereocenters. The molecule has 1 aromatic rings. The van der Waals surface area contributed by atoms with E-state index in [1.165, 1.54) is 25.8 Å². The zero-order valence-electron chi connectivity index (χ0n) is 13.3. The molecular weight excluding hydrogens is 278 g/mol. The van der Waals surface area contributed by atoms with Crippen molar-refractivity contribution in [3.8, 4) is 0 Å². The van der Waals surface area contributed by atoms with Crippen molar-refractivity contribution in [3.05, 3.63) is 17.5 Å². The van der Waals surface area contributed by atoms with Crippen LogP contribution in [0.4, 0.5) is 0 Å². The first kappa shape index (κ1) is 14.2. The van der Waals surface area contributed by atoms with E-state index < -0.39 is 0 Å². The summed E-state index contributed by atoms with van der Waals surface area (Å²) in [5.41, 5.74) is 0.437. The molecule has 1 saturated heterocycles. The van der Waals surface area contributed by atoms with Gasteiger partial charge in [0.15, 0.2) is 5.69 Å². The fraction of sp³-hybridized carbons (Fsp3) is 0.765. The average Bonchev–Trinajstić information content (AvgIpc) is 3.08. The van der Waals surface area contributed by atoms with Crippen LogP contribution in [0.1, 0.15) is 61.2 Å². The molecule has 1 N–H and O–H groups in total. The minimum absolute atomic E-state index is 0.0852. The van der Waals surface area contributed by atoms with Gasteiger partial charge in [0.2, 0.25) is 0 Å². The van der Waals surface area contributed by atoms with Crippen molar-refractivity contribution in [2.45, 2.75) is 51.0 Å². The number of hydrogen-bond acceptors (Lipinski definition) is 4. The van der Waals surface area contributed by atoms with Crippen molar-refractivity contribution >= 4 is 5.91 Å². The van der Waals surface area contributed by atoms with Crippen LogP contribution in [-0.2, 0) is 0 Å². The highest BCUT2D eigenvalue weighted by Crippen LogP contribution is 2.40. The molecular formula is C17H25N3O2. The van der Waals surface area contributed by atoms with Crippen LogP contribution in [0.15, 0.2) is 10.6 Å². The van der Waals surface area contributed by atoms with Crippen LogP contribution in [-0.4, -0.2) is 41.6 Å². The van der Waals surface area contributed by atoms with E-state index in [2.05, 4.69) is 22.3 Å². The SMILES string of the molecule is CC1CN(CC2CCC2)CC1NC(=O)c1cc(C2CC2)on1. The third-order valence-corrected chi connectivity index (χ3v) is 5.49. The molecule has 0 radical (unpaired) electrons. The van der Waals surface area contributed by atoms with E-state index >= 15 is 0 Å². The third-order valence-electron chi connectivity index (χ3n) is 5.49. The first-order valence-corrected chi connectivity index (χ1v) is 8.69. The van der Waals surface area contributed by atoms with E-state index in [0.717, 1.165) is 37.6 Å². The summed E-state index contributed by atoms with van der Waals surface area (Å²) in [7, 11) is 0. The van der Waals surface area contributed by atoms with E-state index in [-0.39, 0.29) is 11.9 Å². The Kier molecular flexibility index (Phi) is 3.68. The topological polar surface area (TPSA) is 58.4 Å². The Morgan fingerprint density at radius 2 is 2.18 bits per heavy atom. The zero-order chi connectivity index (χ0) is 15.1. The van der Waals surface area contributed by atoms with Crippen molar-refractivity contribution in [3.63, 3.8) is 0 Å². The molecule has 2 heterocycles. The lowest BCUT2D eigenvalue weighted by Crippen LogP contribution is -2.40. The molecule has 2 saturated carbocycles. The maximum atomic E-state index is 12.3. The zero-order valence-corrected chi connectivity index (χ0v) is 13.3. The molecule has 1 aromatic heterocycles. The number of carbonyl (C=O) groups is 1. The van der Waals surface area contributed by atoms with Crippen molar-refractivity contribution < 1.29 is 9.32 Å².